The van der Waals surface area contributed by atoms with Gasteiger partial charge in [-0.15, -0.1) is 0 Å². The van der Waals surface area contributed by atoms with E-state index >= 15 is 0 Å². The first kappa shape index (κ1) is 15.7. The van der Waals surface area contributed by atoms with Crippen LogP contribution < -0.4 is 5.73 Å². The van der Waals surface area contributed by atoms with Gasteiger partial charge in [-0.1, -0.05) is 6.58 Å². The quantitative estimate of drug-likeness (QED) is 0.454. The maximum absolute atomic E-state index is 12.0. The van der Waals surface area contributed by atoms with Crippen molar-refractivity contribution in [1.29, 1.82) is 0 Å². The number of rotatable bonds is 3. The van der Waals surface area contributed by atoms with Gasteiger partial charge in [0.05, 0.1) is 24.2 Å². The summed E-state index contributed by atoms with van der Waals surface area (Å²) in [4.78, 5) is 22.0. The summed E-state index contributed by atoms with van der Waals surface area (Å²) in [6.45, 7) is 4.01. The van der Waals surface area contributed by atoms with Crippen molar-refractivity contribution in [2.75, 3.05) is 19.4 Å². The lowest BCUT2D eigenvalue weighted by Crippen LogP contribution is -2.26. The van der Waals surface area contributed by atoms with E-state index in [1.807, 2.05) is 0 Å². The minimum Gasteiger partial charge on any atom is -0.503 e. The maximum Gasteiger partial charge on any atom is 0.250 e. The summed E-state index contributed by atoms with van der Waals surface area (Å²) in [5.74, 6) is 0.228. The Kier molecular flexibility index (Phi) is 4.20. The van der Waals surface area contributed by atoms with Crippen molar-refractivity contribution in [3.63, 3.8) is 0 Å². The molecule has 23 heavy (non-hydrogen) atoms. The predicted molar refractivity (Wildman–Crippen MR) is 93.1 cm³/mol. The van der Waals surface area contributed by atoms with Crippen LogP contribution in [0.2, 0.25) is 0 Å². The fourth-order valence-corrected chi connectivity index (χ4v) is 3.45. The zero-order valence-corrected chi connectivity index (χ0v) is 14.6. The summed E-state index contributed by atoms with van der Waals surface area (Å²) >= 11 is 2.11. The van der Waals surface area contributed by atoms with Crippen LogP contribution in [-0.4, -0.2) is 44.2 Å². The van der Waals surface area contributed by atoms with E-state index in [-0.39, 0.29) is 11.9 Å². The third kappa shape index (κ3) is 2.64. The van der Waals surface area contributed by atoms with Gasteiger partial charge >= 0.3 is 0 Å². The van der Waals surface area contributed by atoms with Gasteiger partial charge in [-0.05, 0) is 28.7 Å². The smallest absolute Gasteiger partial charge is 0.250 e. The molecule has 1 aliphatic heterocycles. The molecule has 0 unspecified atom stereocenters. The minimum absolute atomic E-state index is 0.0550. The topological polar surface area (TPSA) is 99.2 Å². The SMILES string of the molecule is C=CC(=O)N1C[C@@H](n2nc(I)c3c(N)ncnc32)C/C1=C\OC. The van der Waals surface area contributed by atoms with E-state index in [4.69, 9.17) is 10.5 Å². The number of halogens is 1. The Morgan fingerprint density at radius 1 is 1.57 bits per heavy atom. The molecule has 1 aliphatic rings. The van der Waals surface area contributed by atoms with E-state index in [1.54, 1.807) is 23.0 Å². The second-order valence-corrected chi connectivity index (χ2v) is 6.07. The number of methoxy groups -OCH3 is 1. The Bertz CT molecular complexity index is 815. The first-order valence-corrected chi connectivity index (χ1v) is 7.94. The number of nitrogens with two attached hydrogens (primary N) is 1. The highest BCUT2D eigenvalue weighted by molar-refractivity contribution is 14.1. The average molecular weight is 426 g/mol. The van der Waals surface area contributed by atoms with Gasteiger partial charge in [-0.25, -0.2) is 14.6 Å². The number of amides is 1. The van der Waals surface area contributed by atoms with Crippen molar-refractivity contribution >= 4 is 45.3 Å². The average Bonchev–Trinajstić information content (AvgIpc) is 3.09. The zero-order chi connectivity index (χ0) is 16.6. The normalized spacial score (nSPS) is 19.5. The van der Waals surface area contributed by atoms with Crippen molar-refractivity contribution in [2.45, 2.75) is 12.5 Å². The first-order chi connectivity index (χ1) is 11.1. The van der Waals surface area contributed by atoms with Crippen LogP contribution in [0.1, 0.15) is 12.5 Å². The molecular formula is C14H15IN6O2. The van der Waals surface area contributed by atoms with Gasteiger partial charge in [0.2, 0.25) is 5.91 Å². The fraction of sp³-hybridized carbons (Fsp3) is 0.286. The number of nitrogen functional groups attached to an aromatic ring is 1. The number of anilines is 1. The molecule has 1 fully saturated rings. The third-order valence-electron chi connectivity index (χ3n) is 3.70. The fourth-order valence-electron chi connectivity index (χ4n) is 2.71. The predicted octanol–water partition coefficient (Wildman–Crippen LogP) is 1.46. The van der Waals surface area contributed by atoms with Crippen LogP contribution in [-0.2, 0) is 9.53 Å². The lowest BCUT2D eigenvalue weighted by molar-refractivity contribution is -0.123. The molecule has 0 radical (unpaired) electrons. The molecule has 2 aromatic heterocycles. The summed E-state index contributed by atoms with van der Waals surface area (Å²) in [6.07, 6.45) is 4.88. The molecule has 0 aromatic carbocycles. The second kappa shape index (κ2) is 6.14. The van der Waals surface area contributed by atoms with E-state index in [0.717, 1.165) is 14.8 Å². The van der Waals surface area contributed by atoms with Gasteiger partial charge in [0.25, 0.3) is 0 Å². The highest BCUT2D eigenvalue weighted by Crippen LogP contribution is 2.33. The van der Waals surface area contributed by atoms with Gasteiger partial charge in [-0.2, -0.15) is 5.10 Å². The molecule has 8 nitrogen and oxygen atoms in total. The van der Waals surface area contributed by atoms with Gasteiger partial charge in [-0.3, -0.25) is 4.79 Å². The van der Waals surface area contributed by atoms with E-state index < -0.39 is 0 Å². The molecule has 9 heteroatoms. The lowest BCUT2D eigenvalue weighted by Gasteiger charge is -2.15. The Labute approximate surface area is 146 Å². The highest BCUT2D eigenvalue weighted by atomic mass is 127. The second-order valence-electron chi connectivity index (χ2n) is 5.05. The molecule has 0 aliphatic carbocycles. The number of carbonyl (C=O) groups is 1. The van der Waals surface area contributed by atoms with Crippen LogP contribution in [0.5, 0.6) is 0 Å². The molecular weight excluding hydrogens is 411 g/mol. The van der Waals surface area contributed by atoms with E-state index in [2.05, 4.69) is 44.2 Å². The number of aromatic nitrogens is 4. The number of fused-ring (bicyclic) bond motifs is 1. The summed E-state index contributed by atoms with van der Waals surface area (Å²) in [5.41, 5.74) is 7.37. The molecule has 2 N–H and O–H groups in total. The number of nitrogens with zero attached hydrogens (tertiary/aromatic N) is 5. The highest BCUT2D eigenvalue weighted by Gasteiger charge is 2.33. The number of carbonyl (C=O) groups excluding carboxylic acids is 1. The molecule has 1 saturated heterocycles. The van der Waals surface area contributed by atoms with E-state index in [9.17, 15) is 4.79 Å². The van der Waals surface area contributed by atoms with Crippen molar-refractivity contribution in [2.24, 2.45) is 0 Å². The summed E-state index contributed by atoms with van der Waals surface area (Å²) in [6, 6.07) is -0.0550. The Morgan fingerprint density at radius 2 is 2.35 bits per heavy atom. The summed E-state index contributed by atoms with van der Waals surface area (Å²) < 4.78 is 7.62. The molecule has 1 atom stereocenters. The van der Waals surface area contributed by atoms with E-state index in [0.29, 0.717) is 24.4 Å². The van der Waals surface area contributed by atoms with Crippen LogP contribution in [0, 0.1) is 3.70 Å². The molecule has 3 rings (SSSR count). The number of likely N-dealkylation sites (tertiary alicyclic amines) is 1. The molecule has 120 valence electrons. The van der Waals surface area contributed by atoms with Crippen molar-refractivity contribution < 1.29 is 9.53 Å². The molecule has 1 amide bonds. The lowest BCUT2D eigenvalue weighted by atomic mass is 10.2. The largest absolute Gasteiger partial charge is 0.503 e. The molecule has 0 bridgehead atoms. The van der Waals surface area contributed by atoms with Crippen molar-refractivity contribution in [3.05, 3.63) is 34.6 Å². The van der Waals surface area contributed by atoms with Crippen molar-refractivity contribution in [3.8, 4) is 0 Å². The van der Waals surface area contributed by atoms with Crippen LogP contribution in [0.25, 0.3) is 11.0 Å². The first-order valence-electron chi connectivity index (χ1n) is 6.86. The third-order valence-corrected chi connectivity index (χ3v) is 4.46. The summed E-state index contributed by atoms with van der Waals surface area (Å²) in [5, 5.41) is 5.27. The molecule has 0 saturated carbocycles. The summed E-state index contributed by atoms with van der Waals surface area (Å²) in [7, 11) is 1.55. The Balaban J connectivity index is 2.04. The van der Waals surface area contributed by atoms with Gasteiger partial charge < -0.3 is 15.4 Å². The Morgan fingerprint density at radius 3 is 3.04 bits per heavy atom. The van der Waals surface area contributed by atoms with E-state index in [1.165, 1.54) is 12.4 Å². The number of allylic oxidation sites excluding steroid dienone is 1. The Hall–Kier alpha value is -2.17. The number of hydrogen-bond acceptors (Lipinski definition) is 6. The molecule has 3 heterocycles. The van der Waals surface area contributed by atoms with Crippen molar-refractivity contribution in [1.82, 2.24) is 24.6 Å². The minimum atomic E-state index is -0.170. The van der Waals surface area contributed by atoms with Gasteiger partial charge in [0, 0.05) is 13.0 Å². The number of hydrogen-bond donors (Lipinski definition) is 1. The van der Waals surface area contributed by atoms with Crippen LogP contribution in [0.3, 0.4) is 0 Å². The van der Waals surface area contributed by atoms with Gasteiger partial charge in [0.15, 0.2) is 5.65 Å². The molecule has 0 spiro atoms. The maximum atomic E-state index is 12.0. The number of ether oxygens (including phenoxy) is 1. The van der Waals surface area contributed by atoms with Gasteiger partial charge in [0.1, 0.15) is 22.1 Å². The monoisotopic (exact) mass is 426 g/mol. The van der Waals surface area contributed by atoms with Crippen LogP contribution in [0.15, 0.2) is 30.9 Å². The standard InChI is InChI=1S/C14H15IN6O2/c1-3-10(22)20-5-8(4-9(20)6-23-2)21-14-11(12(15)19-21)13(16)17-7-18-14/h3,6-8H,1,4-5H2,2H3,(H2,16,17,18)/b9-6+/t8-/m0/s1. The van der Waals surface area contributed by atoms with Crippen LogP contribution >= 0.6 is 22.6 Å². The van der Waals surface area contributed by atoms with Crippen LogP contribution in [0.4, 0.5) is 5.82 Å². The molecule has 2 aromatic rings. The zero-order valence-electron chi connectivity index (χ0n) is 12.4.